The molecule has 2 N–H and O–H groups in total. The molecule has 1 saturated heterocycles. The summed E-state index contributed by atoms with van der Waals surface area (Å²) in [6, 6.07) is 10.0. The number of hydrogen-bond acceptors (Lipinski definition) is 5. The Labute approximate surface area is 176 Å². The zero-order valence-electron chi connectivity index (χ0n) is 17.7. The van der Waals surface area contributed by atoms with Gasteiger partial charge in [0.25, 0.3) is 5.91 Å². The van der Waals surface area contributed by atoms with Gasteiger partial charge in [-0.15, -0.1) is 0 Å². The molecule has 2 aromatic heterocycles. The van der Waals surface area contributed by atoms with Crippen LogP contribution in [0.1, 0.15) is 33.0 Å². The van der Waals surface area contributed by atoms with Crippen LogP contribution in [0.25, 0.3) is 11.3 Å². The zero-order chi connectivity index (χ0) is 21.1. The lowest BCUT2D eigenvalue weighted by molar-refractivity contribution is 0.0340. The van der Waals surface area contributed by atoms with Crippen molar-refractivity contribution in [2.75, 3.05) is 26.3 Å². The second kappa shape index (κ2) is 8.81. The van der Waals surface area contributed by atoms with Crippen LogP contribution in [-0.4, -0.2) is 57.1 Å². The summed E-state index contributed by atoms with van der Waals surface area (Å²) < 4.78 is 7.26. The Morgan fingerprint density at radius 3 is 2.63 bits per heavy atom. The van der Waals surface area contributed by atoms with E-state index < -0.39 is 0 Å². The van der Waals surface area contributed by atoms with Crippen LogP contribution >= 0.6 is 0 Å². The maximum absolute atomic E-state index is 12.7. The van der Waals surface area contributed by atoms with Crippen LogP contribution in [0.3, 0.4) is 0 Å². The highest BCUT2D eigenvalue weighted by Gasteiger charge is 2.18. The first-order valence-electron chi connectivity index (χ1n) is 10.2. The van der Waals surface area contributed by atoms with Crippen molar-refractivity contribution in [3.05, 3.63) is 58.5 Å². The predicted molar refractivity (Wildman–Crippen MR) is 114 cm³/mol. The van der Waals surface area contributed by atoms with Gasteiger partial charge in [0, 0.05) is 44.5 Å². The van der Waals surface area contributed by atoms with E-state index in [1.807, 2.05) is 37.7 Å². The molecule has 1 aliphatic heterocycles. The topological polar surface area (TPSA) is 88.1 Å². The third kappa shape index (κ3) is 4.29. The van der Waals surface area contributed by atoms with Gasteiger partial charge in [-0.05, 0) is 31.0 Å². The fourth-order valence-corrected chi connectivity index (χ4v) is 3.87. The third-order valence-corrected chi connectivity index (χ3v) is 5.64. The van der Waals surface area contributed by atoms with Crippen LogP contribution in [0, 0.1) is 13.8 Å². The second-order valence-corrected chi connectivity index (χ2v) is 7.68. The first-order chi connectivity index (χ1) is 14.5. The number of nitrogens with one attached hydrogen (secondary N) is 2. The lowest BCUT2D eigenvalue weighted by atomic mass is 10.1. The van der Waals surface area contributed by atoms with Crippen LogP contribution in [0.15, 0.2) is 30.3 Å². The van der Waals surface area contributed by atoms with Crippen molar-refractivity contribution in [2.45, 2.75) is 26.9 Å². The summed E-state index contributed by atoms with van der Waals surface area (Å²) in [5.74, 6) is -0.172. The normalized spacial score (nSPS) is 14.8. The molecule has 1 amide bonds. The fourth-order valence-electron chi connectivity index (χ4n) is 3.87. The number of aromatic amines is 1. The Kier molecular flexibility index (Phi) is 5.96. The highest BCUT2D eigenvalue weighted by Crippen LogP contribution is 2.25. The first kappa shape index (κ1) is 20.3. The molecular weight excluding hydrogens is 380 g/mol. The maximum atomic E-state index is 12.7. The average Bonchev–Trinajstić information content (AvgIpc) is 3.32. The van der Waals surface area contributed by atoms with E-state index >= 15 is 0 Å². The number of amides is 1. The van der Waals surface area contributed by atoms with E-state index in [0.717, 1.165) is 61.1 Å². The van der Waals surface area contributed by atoms with Crippen molar-refractivity contribution < 1.29 is 9.53 Å². The van der Waals surface area contributed by atoms with E-state index in [4.69, 9.17) is 4.74 Å². The standard InChI is InChI=1S/C22H28N6O2/c1-15-21(16(2)27(3)26-15)19-12-20(25-24-19)22(29)23-13-17-6-4-5-7-18(17)14-28-8-10-30-11-9-28/h4-7,12H,8-11,13-14H2,1-3H3,(H,23,29)(H,24,25). The summed E-state index contributed by atoms with van der Waals surface area (Å²) >= 11 is 0. The van der Waals surface area contributed by atoms with E-state index in [1.165, 1.54) is 5.56 Å². The molecule has 1 fully saturated rings. The van der Waals surface area contributed by atoms with Crippen LogP contribution in [0.2, 0.25) is 0 Å². The summed E-state index contributed by atoms with van der Waals surface area (Å²) in [4.78, 5) is 15.1. The van der Waals surface area contributed by atoms with Gasteiger partial charge in [-0.25, -0.2) is 0 Å². The minimum atomic E-state index is -0.172. The summed E-state index contributed by atoms with van der Waals surface area (Å²) in [6.45, 7) is 8.70. The molecule has 0 aliphatic carbocycles. The van der Waals surface area contributed by atoms with E-state index in [2.05, 4.69) is 37.6 Å². The van der Waals surface area contributed by atoms with Crippen molar-refractivity contribution in [3.8, 4) is 11.3 Å². The lowest BCUT2D eigenvalue weighted by Crippen LogP contribution is -2.36. The van der Waals surface area contributed by atoms with Crippen molar-refractivity contribution >= 4 is 5.91 Å². The molecule has 3 aromatic rings. The van der Waals surface area contributed by atoms with E-state index in [0.29, 0.717) is 12.2 Å². The molecule has 0 atom stereocenters. The maximum Gasteiger partial charge on any atom is 0.269 e. The Hall–Kier alpha value is -2.97. The molecule has 158 valence electrons. The number of H-pyrrole nitrogens is 1. The van der Waals surface area contributed by atoms with E-state index in [-0.39, 0.29) is 5.91 Å². The average molecular weight is 409 g/mol. The molecule has 30 heavy (non-hydrogen) atoms. The first-order valence-corrected chi connectivity index (χ1v) is 10.2. The lowest BCUT2D eigenvalue weighted by Gasteiger charge is -2.27. The van der Waals surface area contributed by atoms with Gasteiger partial charge in [-0.1, -0.05) is 24.3 Å². The van der Waals surface area contributed by atoms with Crippen LogP contribution in [0.5, 0.6) is 0 Å². The largest absolute Gasteiger partial charge is 0.379 e. The molecule has 8 nitrogen and oxygen atoms in total. The summed E-state index contributed by atoms with van der Waals surface area (Å²) in [5, 5.41) is 14.6. The molecule has 8 heteroatoms. The number of carbonyl (C=O) groups is 1. The van der Waals surface area contributed by atoms with Gasteiger partial charge < -0.3 is 10.1 Å². The van der Waals surface area contributed by atoms with Gasteiger partial charge in [0.2, 0.25) is 0 Å². The van der Waals surface area contributed by atoms with Crippen LogP contribution in [-0.2, 0) is 24.9 Å². The van der Waals surface area contributed by atoms with E-state index in [1.54, 1.807) is 6.07 Å². The number of nitrogens with zero attached hydrogens (tertiary/aromatic N) is 4. The second-order valence-electron chi connectivity index (χ2n) is 7.68. The number of rotatable bonds is 6. The highest BCUT2D eigenvalue weighted by atomic mass is 16.5. The molecule has 0 bridgehead atoms. The molecule has 0 saturated carbocycles. The Bertz CT molecular complexity index is 1030. The summed E-state index contributed by atoms with van der Waals surface area (Å²) in [7, 11) is 1.90. The number of carbonyl (C=O) groups excluding carboxylic acids is 1. The van der Waals surface area contributed by atoms with Gasteiger partial charge in [0.05, 0.1) is 24.6 Å². The molecule has 1 aromatic carbocycles. The number of hydrogen-bond donors (Lipinski definition) is 2. The minimum Gasteiger partial charge on any atom is -0.379 e. The summed E-state index contributed by atoms with van der Waals surface area (Å²) in [6.07, 6.45) is 0. The molecular formula is C22H28N6O2. The number of ether oxygens (including phenoxy) is 1. The van der Waals surface area contributed by atoms with Crippen LogP contribution in [0.4, 0.5) is 0 Å². The van der Waals surface area contributed by atoms with Gasteiger partial charge in [-0.3, -0.25) is 19.5 Å². The number of aryl methyl sites for hydroxylation is 2. The van der Waals surface area contributed by atoms with Crippen molar-refractivity contribution in [1.82, 2.24) is 30.2 Å². The van der Waals surface area contributed by atoms with Gasteiger partial charge in [-0.2, -0.15) is 10.2 Å². The Morgan fingerprint density at radius 2 is 1.93 bits per heavy atom. The molecule has 0 spiro atoms. The Morgan fingerprint density at radius 1 is 1.20 bits per heavy atom. The van der Waals surface area contributed by atoms with E-state index in [9.17, 15) is 4.79 Å². The third-order valence-electron chi connectivity index (χ3n) is 5.64. The smallest absolute Gasteiger partial charge is 0.269 e. The number of benzene rings is 1. The number of morpholine rings is 1. The monoisotopic (exact) mass is 408 g/mol. The van der Waals surface area contributed by atoms with Gasteiger partial charge in [0.15, 0.2) is 0 Å². The number of aromatic nitrogens is 4. The van der Waals surface area contributed by atoms with Crippen molar-refractivity contribution in [1.29, 1.82) is 0 Å². The van der Waals surface area contributed by atoms with Crippen molar-refractivity contribution in [2.24, 2.45) is 7.05 Å². The highest BCUT2D eigenvalue weighted by molar-refractivity contribution is 5.93. The SMILES string of the molecule is Cc1nn(C)c(C)c1-c1cc(C(=O)NCc2ccccc2CN2CCOCC2)[nH]n1. The molecule has 1 aliphatic rings. The molecule has 4 rings (SSSR count). The molecule has 3 heterocycles. The zero-order valence-corrected chi connectivity index (χ0v) is 17.7. The fraction of sp³-hybridized carbons (Fsp3) is 0.409. The molecule has 0 unspecified atom stereocenters. The summed E-state index contributed by atoms with van der Waals surface area (Å²) in [5.41, 5.74) is 6.40. The predicted octanol–water partition coefficient (Wildman–Crippen LogP) is 2.19. The van der Waals surface area contributed by atoms with Gasteiger partial charge in [0.1, 0.15) is 5.69 Å². The van der Waals surface area contributed by atoms with Crippen LogP contribution < -0.4 is 5.32 Å². The minimum absolute atomic E-state index is 0.172. The molecule has 0 radical (unpaired) electrons. The quantitative estimate of drug-likeness (QED) is 0.653. The Balaban J connectivity index is 1.43. The van der Waals surface area contributed by atoms with Gasteiger partial charge >= 0.3 is 0 Å². The van der Waals surface area contributed by atoms with Crippen molar-refractivity contribution in [3.63, 3.8) is 0 Å².